The van der Waals surface area contributed by atoms with E-state index in [2.05, 4.69) is 5.10 Å². The van der Waals surface area contributed by atoms with E-state index in [1.807, 2.05) is 44.2 Å². The maximum absolute atomic E-state index is 11.5. The molecule has 0 radical (unpaired) electrons. The second-order valence-electron chi connectivity index (χ2n) is 4.39. The van der Waals surface area contributed by atoms with Crippen LogP contribution in [0.4, 0.5) is 0 Å². The van der Waals surface area contributed by atoms with Crippen LogP contribution in [0, 0.1) is 5.92 Å². The monoisotopic (exact) mass is 232 g/mol. The molecule has 1 aliphatic rings. The summed E-state index contributed by atoms with van der Waals surface area (Å²) in [5.74, 6) is 0.609. The fourth-order valence-electron chi connectivity index (χ4n) is 1.72. The summed E-state index contributed by atoms with van der Waals surface area (Å²) in [7, 11) is 0. The van der Waals surface area contributed by atoms with Crippen molar-refractivity contribution in [1.29, 1.82) is 0 Å². The van der Waals surface area contributed by atoms with Gasteiger partial charge in [-0.2, -0.15) is 5.01 Å². The molecule has 17 heavy (non-hydrogen) atoms. The molecule has 0 saturated heterocycles. The molecule has 0 aliphatic carbocycles. The van der Waals surface area contributed by atoms with Crippen LogP contribution in [0.25, 0.3) is 0 Å². The fourth-order valence-corrected chi connectivity index (χ4v) is 1.72. The SMILES string of the molecule is CC(=O)N1N=C(c2ccccc2)OC1C(C)C. The van der Waals surface area contributed by atoms with Crippen LogP contribution in [0.3, 0.4) is 0 Å². The number of amides is 1. The Hall–Kier alpha value is -1.84. The maximum atomic E-state index is 11.5. The highest BCUT2D eigenvalue weighted by Crippen LogP contribution is 2.22. The van der Waals surface area contributed by atoms with E-state index in [0.717, 1.165) is 5.56 Å². The molecule has 1 aromatic rings. The molecule has 1 aliphatic heterocycles. The summed E-state index contributed by atoms with van der Waals surface area (Å²) in [4.78, 5) is 11.5. The summed E-state index contributed by atoms with van der Waals surface area (Å²) >= 11 is 0. The lowest BCUT2D eigenvalue weighted by atomic mass is 10.2. The minimum Gasteiger partial charge on any atom is -0.450 e. The first-order valence-electron chi connectivity index (χ1n) is 5.70. The molecule has 0 bridgehead atoms. The molecule has 0 N–H and O–H groups in total. The van der Waals surface area contributed by atoms with Gasteiger partial charge in [0.15, 0.2) is 6.23 Å². The van der Waals surface area contributed by atoms with E-state index in [1.165, 1.54) is 11.9 Å². The van der Waals surface area contributed by atoms with E-state index in [1.54, 1.807) is 0 Å². The maximum Gasteiger partial charge on any atom is 0.242 e. The highest BCUT2D eigenvalue weighted by atomic mass is 16.5. The van der Waals surface area contributed by atoms with Crippen molar-refractivity contribution in [2.75, 3.05) is 0 Å². The topological polar surface area (TPSA) is 41.9 Å². The molecule has 1 heterocycles. The number of benzene rings is 1. The number of nitrogens with zero attached hydrogens (tertiary/aromatic N) is 2. The molecule has 0 fully saturated rings. The van der Waals surface area contributed by atoms with Gasteiger partial charge in [-0.1, -0.05) is 32.0 Å². The van der Waals surface area contributed by atoms with E-state index in [0.29, 0.717) is 5.90 Å². The van der Waals surface area contributed by atoms with E-state index in [4.69, 9.17) is 4.74 Å². The zero-order valence-corrected chi connectivity index (χ0v) is 10.3. The first kappa shape index (κ1) is 11.6. The third kappa shape index (κ3) is 2.30. The van der Waals surface area contributed by atoms with E-state index in [-0.39, 0.29) is 18.1 Å². The summed E-state index contributed by atoms with van der Waals surface area (Å²) in [5.41, 5.74) is 0.891. The normalized spacial score (nSPS) is 19.2. The lowest BCUT2D eigenvalue weighted by molar-refractivity contribution is -0.137. The van der Waals surface area contributed by atoms with E-state index >= 15 is 0 Å². The van der Waals surface area contributed by atoms with Crippen LogP contribution < -0.4 is 0 Å². The number of carbonyl (C=O) groups excluding carboxylic acids is 1. The molecule has 0 aromatic heterocycles. The Balaban J connectivity index is 2.27. The Morgan fingerprint density at radius 3 is 2.47 bits per heavy atom. The Kier molecular flexibility index (Phi) is 3.13. The van der Waals surface area contributed by atoms with Crippen LogP contribution in [0.1, 0.15) is 26.3 Å². The van der Waals surface area contributed by atoms with Gasteiger partial charge in [-0.25, -0.2) is 0 Å². The van der Waals surface area contributed by atoms with Crippen molar-refractivity contribution in [2.45, 2.75) is 27.0 Å². The molecule has 2 rings (SSSR count). The Morgan fingerprint density at radius 1 is 1.35 bits per heavy atom. The van der Waals surface area contributed by atoms with Crippen molar-refractivity contribution in [1.82, 2.24) is 5.01 Å². The number of hydrogen-bond acceptors (Lipinski definition) is 3. The highest BCUT2D eigenvalue weighted by Gasteiger charge is 2.33. The van der Waals surface area contributed by atoms with Gasteiger partial charge in [0.05, 0.1) is 0 Å². The molecule has 0 spiro atoms. The van der Waals surface area contributed by atoms with Crippen LogP contribution in [-0.4, -0.2) is 23.0 Å². The number of ether oxygens (including phenoxy) is 1. The van der Waals surface area contributed by atoms with Gasteiger partial charge in [-0.05, 0) is 12.1 Å². The number of hydrogen-bond donors (Lipinski definition) is 0. The average molecular weight is 232 g/mol. The molecule has 1 amide bonds. The summed E-state index contributed by atoms with van der Waals surface area (Å²) < 4.78 is 5.74. The molecular weight excluding hydrogens is 216 g/mol. The van der Waals surface area contributed by atoms with Crippen LogP contribution in [0.2, 0.25) is 0 Å². The second-order valence-corrected chi connectivity index (χ2v) is 4.39. The standard InChI is InChI=1S/C13H16N2O2/c1-9(2)13-15(10(3)16)14-12(17-13)11-7-5-4-6-8-11/h4-9,13H,1-3H3. The summed E-state index contributed by atoms with van der Waals surface area (Å²) in [6, 6.07) is 9.60. The zero-order valence-electron chi connectivity index (χ0n) is 10.3. The minimum absolute atomic E-state index is 0.102. The van der Waals surface area contributed by atoms with Crippen molar-refractivity contribution in [2.24, 2.45) is 11.0 Å². The minimum atomic E-state index is -0.303. The fraction of sp³-hybridized carbons (Fsp3) is 0.385. The smallest absolute Gasteiger partial charge is 0.242 e. The van der Waals surface area contributed by atoms with Crippen molar-refractivity contribution in [3.05, 3.63) is 35.9 Å². The lowest BCUT2D eigenvalue weighted by Gasteiger charge is -2.21. The zero-order chi connectivity index (χ0) is 12.4. The quantitative estimate of drug-likeness (QED) is 0.784. The van der Waals surface area contributed by atoms with Crippen molar-refractivity contribution >= 4 is 11.8 Å². The van der Waals surface area contributed by atoms with Crippen LogP contribution in [0.15, 0.2) is 35.4 Å². The van der Waals surface area contributed by atoms with Gasteiger partial charge < -0.3 is 4.74 Å². The van der Waals surface area contributed by atoms with E-state index < -0.39 is 0 Å². The summed E-state index contributed by atoms with van der Waals surface area (Å²) in [5, 5.41) is 5.65. The summed E-state index contributed by atoms with van der Waals surface area (Å²) in [6.07, 6.45) is -0.303. The molecule has 0 saturated carbocycles. The molecule has 90 valence electrons. The Labute approximate surface area is 101 Å². The first-order valence-corrected chi connectivity index (χ1v) is 5.70. The van der Waals surface area contributed by atoms with Crippen LogP contribution >= 0.6 is 0 Å². The third-order valence-corrected chi connectivity index (χ3v) is 2.59. The number of hydrazone groups is 1. The van der Waals surface area contributed by atoms with Gasteiger partial charge in [-0.15, -0.1) is 5.10 Å². The second kappa shape index (κ2) is 4.57. The molecule has 1 aromatic carbocycles. The Morgan fingerprint density at radius 2 is 2.00 bits per heavy atom. The highest BCUT2D eigenvalue weighted by molar-refractivity contribution is 5.96. The van der Waals surface area contributed by atoms with Crippen molar-refractivity contribution < 1.29 is 9.53 Å². The van der Waals surface area contributed by atoms with Gasteiger partial charge in [0.25, 0.3) is 0 Å². The number of rotatable bonds is 2. The molecule has 4 heteroatoms. The predicted molar refractivity (Wildman–Crippen MR) is 65.2 cm³/mol. The van der Waals surface area contributed by atoms with Crippen LogP contribution in [-0.2, 0) is 9.53 Å². The largest absolute Gasteiger partial charge is 0.450 e. The number of carbonyl (C=O) groups is 1. The molecule has 1 atom stereocenters. The molecule has 4 nitrogen and oxygen atoms in total. The average Bonchev–Trinajstić information content (AvgIpc) is 2.75. The van der Waals surface area contributed by atoms with Crippen molar-refractivity contribution in [3.63, 3.8) is 0 Å². The molecule has 1 unspecified atom stereocenters. The Bertz CT molecular complexity index is 440. The lowest BCUT2D eigenvalue weighted by Crippen LogP contribution is -2.36. The van der Waals surface area contributed by atoms with E-state index in [9.17, 15) is 4.79 Å². The van der Waals surface area contributed by atoms with Gasteiger partial charge in [0, 0.05) is 18.4 Å². The predicted octanol–water partition coefficient (Wildman–Crippen LogP) is 2.21. The van der Waals surface area contributed by atoms with Gasteiger partial charge in [0.1, 0.15) is 0 Å². The van der Waals surface area contributed by atoms with Gasteiger partial charge in [0.2, 0.25) is 11.8 Å². The van der Waals surface area contributed by atoms with Crippen LogP contribution in [0.5, 0.6) is 0 Å². The van der Waals surface area contributed by atoms with Gasteiger partial charge >= 0.3 is 0 Å². The molecular formula is C13H16N2O2. The van der Waals surface area contributed by atoms with Crippen molar-refractivity contribution in [3.8, 4) is 0 Å². The van der Waals surface area contributed by atoms with Gasteiger partial charge in [-0.3, -0.25) is 4.79 Å². The first-order chi connectivity index (χ1) is 8.09. The summed E-state index contributed by atoms with van der Waals surface area (Å²) in [6.45, 7) is 5.50. The third-order valence-electron chi connectivity index (χ3n) is 2.59.